The minimum absolute atomic E-state index is 0.00288. The summed E-state index contributed by atoms with van der Waals surface area (Å²) in [7, 11) is -4.20. The van der Waals surface area contributed by atoms with Gasteiger partial charge in [-0.2, -0.15) is 12.8 Å². The molecule has 12 nitrogen and oxygen atoms in total. The number of hydrogen-bond donors (Lipinski definition) is 2. The molecule has 13 heteroatoms. The molecule has 5 rings (SSSR count). The minimum atomic E-state index is -4.20. The molecule has 5 amide bonds. The molecule has 0 unspecified atom stereocenters. The van der Waals surface area contributed by atoms with Gasteiger partial charge in [-0.1, -0.05) is 48.5 Å². The number of para-hydroxylation sites is 1. The summed E-state index contributed by atoms with van der Waals surface area (Å²) in [4.78, 5) is 52.9. The van der Waals surface area contributed by atoms with Crippen LogP contribution in [-0.4, -0.2) is 72.7 Å². The molecule has 0 spiro atoms. The Labute approximate surface area is 236 Å². The average molecular weight is 578 g/mol. The molecule has 0 saturated carbocycles. The lowest BCUT2D eigenvalue weighted by atomic mass is 9.84. The van der Waals surface area contributed by atoms with E-state index in [0.29, 0.717) is 15.9 Å². The highest BCUT2D eigenvalue weighted by atomic mass is 32.2. The summed E-state index contributed by atoms with van der Waals surface area (Å²) in [6, 6.07) is 22.1. The third-order valence-electron chi connectivity index (χ3n) is 6.89. The van der Waals surface area contributed by atoms with Crippen LogP contribution >= 0.6 is 0 Å². The number of sulfonamides is 1. The number of carbonyl (C=O) groups excluding carboxylic acids is 4. The normalized spacial score (nSPS) is 17.8. The predicted octanol–water partition coefficient (Wildman–Crippen LogP) is 1.81. The average Bonchev–Trinajstić information content (AvgIpc) is 2.95. The largest absolute Gasteiger partial charge is 0.457 e. The molecule has 2 aliphatic heterocycles. The van der Waals surface area contributed by atoms with Crippen molar-refractivity contribution in [1.82, 2.24) is 25.0 Å². The molecule has 2 N–H and O–H groups in total. The lowest BCUT2D eigenvalue weighted by Crippen LogP contribution is -2.73. The molecule has 0 radical (unpaired) electrons. The highest BCUT2D eigenvalue weighted by Gasteiger charge is 2.56. The molecule has 3 aromatic carbocycles. The highest BCUT2D eigenvalue weighted by molar-refractivity contribution is 7.89. The number of rotatable bonds is 7. The molecule has 2 heterocycles. The van der Waals surface area contributed by atoms with Crippen LogP contribution in [0.3, 0.4) is 0 Å². The number of barbiturate groups is 1. The fourth-order valence-electron chi connectivity index (χ4n) is 5.07. The minimum Gasteiger partial charge on any atom is -0.457 e. The first kappa shape index (κ1) is 28.0. The van der Waals surface area contributed by atoms with Gasteiger partial charge in [-0.15, -0.1) is 0 Å². The van der Waals surface area contributed by atoms with Gasteiger partial charge in [-0.3, -0.25) is 29.9 Å². The van der Waals surface area contributed by atoms with Gasteiger partial charge in [0.25, 0.3) is 21.8 Å². The van der Waals surface area contributed by atoms with Gasteiger partial charge < -0.3 is 4.74 Å². The molecular weight excluding hydrogens is 550 g/mol. The molecule has 2 fully saturated rings. The fourth-order valence-corrected chi connectivity index (χ4v) is 6.57. The number of benzene rings is 3. The molecule has 3 aromatic rings. The number of piperazine rings is 1. The van der Waals surface area contributed by atoms with Crippen molar-refractivity contribution in [3.05, 3.63) is 90.5 Å². The second-order valence-electron chi connectivity index (χ2n) is 9.41. The first-order chi connectivity index (χ1) is 19.6. The van der Waals surface area contributed by atoms with Crippen LogP contribution in [0.2, 0.25) is 0 Å². The van der Waals surface area contributed by atoms with E-state index in [9.17, 15) is 27.6 Å². The smallest absolute Gasteiger partial charge is 0.328 e. The maximum atomic E-state index is 13.4. The van der Waals surface area contributed by atoms with Gasteiger partial charge in [0, 0.05) is 33.1 Å². The number of imide groups is 2. The van der Waals surface area contributed by atoms with E-state index in [1.54, 1.807) is 59.5 Å². The molecule has 2 saturated heterocycles. The summed E-state index contributed by atoms with van der Waals surface area (Å²) >= 11 is 0. The number of ether oxygens (including phenoxy) is 1. The van der Waals surface area contributed by atoms with E-state index in [0.717, 1.165) is 6.92 Å². The molecular formula is C28H27N5O7S. The summed E-state index contributed by atoms with van der Waals surface area (Å²) in [6.07, 6.45) is 0. The van der Waals surface area contributed by atoms with E-state index in [1.807, 2.05) is 18.2 Å². The second kappa shape index (κ2) is 11.1. The van der Waals surface area contributed by atoms with Crippen molar-refractivity contribution in [1.29, 1.82) is 0 Å². The topological polar surface area (TPSA) is 145 Å². The van der Waals surface area contributed by atoms with Crippen molar-refractivity contribution < 1.29 is 32.3 Å². The third-order valence-corrected chi connectivity index (χ3v) is 8.70. The number of urea groups is 1. The van der Waals surface area contributed by atoms with Gasteiger partial charge in [0.2, 0.25) is 11.4 Å². The molecule has 2 aliphatic rings. The van der Waals surface area contributed by atoms with Crippen molar-refractivity contribution in [2.24, 2.45) is 0 Å². The van der Waals surface area contributed by atoms with E-state index >= 15 is 0 Å². The molecule has 0 aliphatic carbocycles. The van der Waals surface area contributed by atoms with E-state index < -0.39 is 39.3 Å². The number of nitrogens with one attached hydrogen (secondary N) is 2. The zero-order valence-electron chi connectivity index (χ0n) is 22.0. The Morgan fingerprint density at radius 3 is 1.83 bits per heavy atom. The lowest BCUT2D eigenvalue weighted by molar-refractivity contribution is -0.154. The van der Waals surface area contributed by atoms with Crippen LogP contribution in [0.1, 0.15) is 12.5 Å². The van der Waals surface area contributed by atoms with Crippen molar-refractivity contribution in [3.63, 3.8) is 0 Å². The van der Waals surface area contributed by atoms with Crippen LogP contribution < -0.4 is 15.4 Å². The number of hydrazine groups is 1. The second-order valence-corrected chi connectivity index (χ2v) is 11.2. The van der Waals surface area contributed by atoms with Gasteiger partial charge >= 0.3 is 6.03 Å². The Balaban J connectivity index is 1.43. The predicted molar refractivity (Wildman–Crippen MR) is 146 cm³/mol. The van der Waals surface area contributed by atoms with Crippen LogP contribution in [-0.2, 0) is 29.9 Å². The summed E-state index contributed by atoms with van der Waals surface area (Å²) in [5.74, 6) is -1.31. The molecule has 212 valence electrons. The van der Waals surface area contributed by atoms with Crippen molar-refractivity contribution in [2.45, 2.75) is 17.4 Å². The molecule has 0 atom stereocenters. The van der Waals surface area contributed by atoms with Gasteiger partial charge in [-0.05, 0) is 42.0 Å². The highest BCUT2D eigenvalue weighted by Crippen LogP contribution is 2.35. The number of amides is 5. The summed E-state index contributed by atoms with van der Waals surface area (Å²) in [6.45, 7) is 1.19. The van der Waals surface area contributed by atoms with Crippen LogP contribution in [0.4, 0.5) is 4.79 Å². The molecule has 41 heavy (non-hydrogen) atoms. The molecule has 0 bridgehead atoms. The van der Waals surface area contributed by atoms with Crippen molar-refractivity contribution in [3.8, 4) is 11.5 Å². The fraction of sp³-hybridized carbons (Fsp3) is 0.214. The van der Waals surface area contributed by atoms with E-state index in [2.05, 4.69) is 10.6 Å². The van der Waals surface area contributed by atoms with Crippen LogP contribution in [0, 0.1) is 0 Å². The third kappa shape index (κ3) is 5.17. The Morgan fingerprint density at radius 1 is 0.780 bits per heavy atom. The summed E-state index contributed by atoms with van der Waals surface area (Å²) in [5, 5.41) is 5.75. The maximum absolute atomic E-state index is 13.4. The SMILES string of the molecule is CC(=O)N(N1CCN(C2(c3ccc(Oc4ccccc4)cc3)C(=O)NC(=O)NC2=O)CC1)S(=O)(=O)c1ccccc1. The Hall–Kier alpha value is -4.59. The van der Waals surface area contributed by atoms with Crippen LogP contribution in [0.15, 0.2) is 89.8 Å². The zero-order chi connectivity index (χ0) is 29.2. The van der Waals surface area contributed by atoms with E-state index in [1.165, 1.54) is 17.1 Å². The van der Waals surface area contributed by atoms with Gasteiger partial charge in [-0.25, -0.2) is 9.80 Å². The van der Waals surface area contributed by atoms with E-state index in [-0.39, 0.29) is 36.6 Å². The Bertz CT molecular complexity index is 1550. The van der Waals surface area contributed by atoms with Crippen LogP contribution in [0.5, 0.6) is 11.5 Å². The standard InChI is InChI=1S/C28H27N5O7S/c1-20(34)33(41(38,39)24-10-6-3-7-11-24)32-18-16-31(17-19-32)28(25(35)29-27(37)30-26(28)36)21-12-14-23(15-13-21)40-22-8-4-2-5-9-22/h2-15H,16-19H2,1H3,(H2,29,30,35,36,37). The van der Waals surface area contributed by atoms with Gasteiger partial charge in [0.1, 0.15) is 11.5 Å². The van der Waals surface area contributed by atoms with Crippen molar-refractivity contribution in [2.75, 3.05) is 26.2 Å². The first-order valence-electron chi connectivity index (χ1n) is 12.7. The van der Waals surface area contributed by atoms with E-state index in [4.69, 9.17) is 4.74 Å². The number of carbonyl (C=O) groups is 4. The lowest BCUT2D eigenvalue weighted by Gasteiger charge is -2.47. The quantitative estimate of drug-likeness (QED) is 0.402. The summed E-state index contributed by atoms with van der Waals surface area (Å²) < 4.78 is 33.2. The zero-order valence-corrected chi connectivity index (χ0v) is 22.8. The van der Waals surface area contributed by atoms with Gasteiger partial charge in [0.15, 0.2) is 0 Å². The first-order valence-corrected chi connectivity index (χ1v) is 14.2. The maximum Gasteiger partial charge on any atom is 0.328 e. The van der Waals surface area contributed by atoms with Crippen LogP contribution in [0.25, 0.3) is 0 Å². The number of hydrogen-bond acceptors (Lipinski definition) is 9. The Kier molecular flexibility index (Phi) is 7.58. The monoisotopic (exact) mass is 577 g/mol. The Morgan fingerprint density at radius 2 is 1.29 bits per heavy atom. The van der Waals surface area contributed by atoms with Gasteiger partial charge in [0.05, 0.1) is 4.90 Å². The summed E-state index contributed by atoms with van der Waals surface area (Å²) in [5.41, 5.74) is -1.64. The number of nitrogens with zero attached hydrogens (tertiary/aromatic N) is 3. The van der Waals surface area contributed by atoms with Crippen molar-refractivity contribution >= 4 is 33.8 Å². The molecule has 0 aromatic heterocycles.